The highest BCUT2D eigenvalue weighted by atomic mass is 16.6. The maximum absolute atomic E-state index is 13.5. The van der Waals surface area contributed by atoms with Crippen LogP contribution < -0.4 is 0 Å². The molecule has 0 heterocycles. The Labute approximate surface area is 206 Å². The summed E-state index contributed by atoms with van der Waals surface area (Å²) < 4.78 is 11.1. The third kappa shape index (κ3) is 4.04. The third-order valence-electron chi connectivity index (χ3n) is 10.6. The molecule has 0 unspecified atom stereocenters. The number of hydrogen-bond acceptors (Lipinski definition) is 5. The number of aliphatic hydroxyl groups is 1. The highest BCUT2D eigenvalue weighted by molar-refractivity contribution is 6.01. The molecule has 34 heavy (non-hydrogen) atoms. The van der Waals surface area contributed by atoms with Gasteiger partial charge in [0.05, 0.1) is 18.8 Å². The van der Waals surface area contributed by atoms with E-state index in [4.69, 9.17) is 9.47 Å². The van der Waals surface area contributed by atoms with E-state index in [1.807, 2.05) is 6.92 Å². The summed E-state index contributed by atoms with van der Waals surface area (Å²) in [7, 11) is 0. The number of fused-ring (bicyclic) bond motifs is 5. The maximum atomic E-state index is 13.5. The molecule has 5 nitrogen and oxygen atoms in total. The van der Waals surface area contributed by atoms with Gasteiger partial charge in [-0.3, -0.25) is 9.59 Å². The lowest BCUT2D eigenvalue weighted by Crippen LogP contribution is -2.55. The van der Waals surface area contributed by atoms with E-state index in [0.717, 1.165) is 50.9 Å². The van der Waals surface area contributed by atoms with E-state index in [0.29, 0.717) is 23.7 Å². The Bertz CT molecular complexity index is 769. The maximum Gasteiger partial charge on any atom is 0.324 e. The van der Waals surface area contributed by atoms with Crippen molar-refractivity contribution in [2.24, 2.45) is 46.3 Å². The summed E-state index contributed by atoms with van der Waals surface area (Å²) in [6, 6.07) is 0. The van der Waals surface area contributed by atoms with Gasteiger partial charge in [0.1, 0.15) is 0 Å². The predicted octanol–water partition coefficient (Wildman–Crippen LogP) is 5.69. The number of hydrogen-bond donors (Lipinski definition) is 1. The Morgan fingerprint density at radius 2 is 1.59 bits per heavy atom. The second-order valence-corrected chi connectivity index (χ2v) is 12.3. The van der Waals surface area contributed by atoms with Crippen LogP contribution in [0.15, 0.2) is 12.7 Å². The number of rotatable bonds is 7. The molecular formula is C29H46O5. The molecule has 0 spiro atoms. The predicted molar refractivity (Wildman–Crippen MR) is 132 cm³/mol. The van der Waals surface area contributed by atoms with Crippen LogP contribution in [-0.2, 0) is 19.1 Å². The quantitative estimate of drug-likeness (QED) is 0.291. The fraction of sp³-hybridized carbons (Fsp3) is 0.862. The Hall–Kier alpha value is -1.36. The Morgan fingerprint density at radius 1 is 0.941 bits per heavy atom. The summed E-state index contributed by atoms with van der Waals surface area (Å²) in [6.07, 6.45) is 11.5. The molecule has 0 bridgehead atoms. The molecule has 1 N–H and O–H groups in total. The molecule has 0 aromatic carbocycles. The minimum atomic E-state index is -1.30. The average molecular weight is 475 g/mol. The summed E-state index contributed by atoms with van der Waals surface area (Å²) in [5, 5.41) is 10.7. The van der Waals surface area contributed by atoms with Gasteiger partial charge in [-0.25, -0.2) is 0 Å². The molecule has 8 atom stereocenters. The molecule has 0 aromatic rings. The highest BCUT2D eigenvalue weighted by Gasteiger charge is 2.66. The van der Waals surface area contributed by atoms with E-state index in [1.54, 1.807) is 19.9 Å². The van der Waals surface area contributed by atoms with Crippen LogP contribution in [0.25, 0.3) is 0 Å². The molecule has 4 aliphatic carbocycles. The minimum absolute atomic E-state index is 0.0866. The van der Waals surface area contributed by atoms with Crippen LogP contribution in [0.2, 0.25) is 0 Å². The topological polar surface area (TPSA) is 72.8 Å². The van der Waals surface area contributed by atoms with Gasteiger partial charge in [0.15, 0.2) is 5.41 Å². The van der Waals surface area contributed by atoms with Crippen LogP contribution in [0.1, 0.15) is 91.9 Å². The van der Waals surface area contributed by atoms with Crippen molar-refractivity contribution in [2.75, 3.05) is 13.2 Å². The van der Waals surface area contributed by atoms with Gasteiger partial charge in [-0.1, -0.05) is 13.0 Å². The van der Waals surface area contributed by atoms with Crippen molar-refractivity contribution < 1.29 is 24.2 Å². The highest BCUT2D eigenvalue weighted by Crippen LogP contribution is 2.68. The first-order valence-corrected chi connectivity index (χ1v) is 13.8. The van der Waals surface area contributed by atoms with Crippen molar-refractivity contribution in [3.8, 4) is 0 Å². The molecule has 4 rings (SSSR count). The summed E-state index contributed by atoms with van der Waals surface area (Å²) in [4.78, 5) is 27.0. The number of allylic oxidation sites excluding steroid dienone is 1. The summed E-state index contributed by atoms with van der Waals surface area (Å²) in [5.74, 6) is 2.30. The van der Waals surface area contributed by atoms with E-state index in [-0.39, 0.29) is 31.0 Å². The van der Waals surface area contributed by atoms with E-state index in [9.17, 15) is 14.7 Å². The molecule has 4 aliphatic rings. The number of carbonyl (C=O) groups excluding carboxylic acids is 2. The summed E-state index contributed by atoms with van der Waals surface area (Å²) in [6.45, 7) is 12.4. The third-order valence-corrected chi connectivity index (χ3v) is 10.6. The fourth-order valence-corrected chi connectivity index (χ4v) is 9.32. The molecule has 0 saturated heterocycles. The van der Waals surface area contributed by atoms with Gasteiger partial charge in [0, 0.05) is 0 Å². The van der Waals surface area contributed by atoms with Crippen molar-refractivity contribution in [3.05, 3.63) is 12.7 Å². The first kappa shape index (κ1) is 25.7. The van der Waals surface area contributed by atoms with Crippen molar-refractivity contribution >= 4 is 11.9 Å². The standard InChI is InChI=1S/C29H46O5/c1-6-15-29(25(30)33-7-2,26(31)34-8-3)24-12-11-23-22-10-9-19-18-27(4,32)16-13-20(19)21(22)14-17-28(23,24)5/h6,19-24,32H,1,7-18H2,2-5H3/t19-,20+,21-,22-,23+,24+,27-,28+/m1/s1. The largest absolute Gasteiger partial charge is 0.465 e. The zero-order valence-corrected chi connectivity index (χ0v) is 21.8. The van der Waals surface area contributed by atoms with E-state index >= 15 is 0 Å². The molecule has 0 radical (unpaired) electrons. The van der Waals surface area contributed by atoms with E-state index in [1.165, 1.54) is 12.8 Å². The zero-order valence-electron chi connectivity index (χ0n) is 21.8. The smallest absolute Gasteiger partial charge is 0.324 e. The van der Waals surface area contributed by atoms with Crippen LogP contribution in [0.3, 0.4) is 0 Å². The molecule has 5 heteroatoms. The summed E-state index contributed by atoms with van der Waals surface area (Å²) in [5.41, 5.74) is -1.89. The monoisotopic (exact) mass is 474 g/mol. The van der Waals surface area contributed by atoms with Gasteiger partial charge in [0.2, 0.25) is 0 Å². The SMILES string of the molecule is C=CCC(C(=O)OCC)(C(=O)OCC)[C@H]1CC[C@H]2[C@@H]3CC[C@@H]4C[C@](C)(O)CC[C@@H]4[C@H]3CC[C@]12C. The number of carbonyl (C=O) groups is 2. The lowest BCUT2D eigenvalue weighted by Gasteiger charge is -2.58. The fourth-order valence-electron chi connectivity index (χ4n) is 9.32. The minimum Gasteiger partial charge on any atom is -0.465 e. The van der Waals surface area contributed by atoms with E-state index < -0.39 is 23.0 Å². The van der Waals surface area contributed by atoms with Crippen LogP contribution in [0, 0.1) is 46.3 Å². The molecule has 0 amide bonds. The first-order chi connectivity index (χ1) is 16.1. The molecule has 0 aromatic heterocycles. The van der Waals surface area contributed by atoms with Crippen LogP contribution in [0.4, 0.5) is 0 Å². The van der Waals surface area contributed by atoms with Gasteiger partial charge in [-0.05, 0) is 126 Å². The van der Waals surface area contributed by atoms with Gasteiger partial charge in [-0.15, -0.1) is 6.58 Å². The second kappa shape index (κ2) is 9.59. The zero-order chi connectivity index (χ0) is 24.7. The van der Waals surface area contributed by atoms with Crippen LogP contribution >= 0.6 is 0 Å². The molecule has 0 aliphatic heterocycles. The van der Waals surface area contributed by atoms with Gasteiger partial charge in [-0.2, -0.15) is 0 Å². The van der Waals surface area contributed by atoms with Crippen molar-refractivity contribution in [3.63, 3.8) is 0 Å². The van der Waals surface area contributed by atoms with Crippen LogP contribution in [0.5, 0.6) is 0 Å². The lowest BCUT2D eigenvalue weighted by atomic mass is 9.47. The van der Waals surface area contributed by atoms with Crippen molar-refractivity contribution in [1.82, 2.24) is 0 Å². The van der Waals surface area contributed by atoms with E-state index in [2.05, 4.69) is 13.5 Å². The molecule has 4 fully saturated rings. The van der Waals surface area contributed by atoms with Gasteiger partial charge >= 0.3 is 11.9 Å². The lowest BCUT2D eigenvalue weighted by molar-refractivity contribution is -0.183. The average Bonchev–Trinajstić information content (AvgIpc) is 3.14. The summed E-state index contributed by atoms with van der Waals surface area (Å²) >= 11 is 0. The van der Waals surface area contributed by atoms with Gasteiger partial charge < -0.3 is 14.6 Å². The molecule has 192 valence electrons. The Kier molecular flexibility index (Phi) is 7.26. The van der Waals surface area contributed by atoms with Crippen LogP contribution in [-0.4, -0.2) is 35.9 Å². The van der Waals surface area contributed by atoms with Gasteiger partial charge in [0.25, 0.3) is 0 Å². The number of esters is 2. The second-order valence-electron chi connectivity index (χ2n) is 12.3. The number of ether oxygens (including phenoxy) is 2. The normalized spacial score (nSPS) is 41.6. The first-order valence-electron chi connectivity index (χ1n) is 13.8. The Balaban J connectivity index is 1.64. The van der Waals surface area contributed by atoms with Crippen molar-refractivity contribution in [1.29, 1.82) is 0 Å². The van der Waals surface area contributed by atoms with Crippen molar-refractivity contribution in [2.45, 2.75) is 97.5 Å². The molecule has 4 saturated carbocycles. The Morgan fingerprint density at radius 3 is 2.21 bits per heavy atom. The molecular weight excluding hydrogens is 428 g/mol.